The van der Waals surface area contributed by atoms with Crippen molar-refractivity contribution >= 4 is 11.8 Å². The third-order valence-electron chi connectivity index (χ3n) is 3.66. The zero-order chi connectivity index (χ0) is 9.15. The first kappa shape index (κ1) is 9.85. The largest absolute Gasteiger partial charge is 0.316 e. The fourth-order valence-electron chi connectivity index (χ4n) is 2.12. The average Bonchev–Trinajstić information content (AvgIpc) is 2.74. The predicted molar refractivity (Wildman–Crippen MR) is 60.3 cm³/mol. The maximum absolute atomic E-state index is 3.67. The molecule has 0 aromatic heterocycles. The lowest BCUT2D eigenvalue weighted by atomic mass is 10.0. The summed E-state index contributed by atoms with van der Waals surface area (Å²) in [6.45, 7) is 4.89. The van der Waals surface area contributed by atoms with Gasteiger partial charge in [0.25, 0.3) is 0 Å². The molecule has 1 saturated carbocycles. The van der Waals surface area contributed by atoms with Crippen molar-refractivity contribution in [1.29, 1.82) is 0 Å². The summed E-state index contributed by atoms with van der Waals surface area (Å²) in [6.07, 6.45) is 5.75. The highest BCUT2D eigenvalue weighted by Crippen LogP contribution is 2.47. The molecule has 0 aromatic carbocycles. The highest BCUT2D eigenvalue weighted by atomic mass is 32.2. The minimum absolute atomic E-state index is 0.728. The molecule has 76 valence electrons. The van der Waals surface area contributed by atoms with E-state index in [1.165, 1.54) is 50.3 Å². The molecular weight excluding hydrogens is 178 g/mol. The Bertz CT molecular complexity index is 159. The van der Waals surface area contributed by atoms with Crippen LogP contribution in [0.3, 0.4) is 0 Å². The monoisotopic (exact) mass is 199 g/mol. The Morgan fingerprint density at radius 2 is 2.31 bits per heavy atom. The molecule has 1 unspecified atom stereocenters. The van der Waals surface area contributed by atoms with Crippen LogP contribution in [0, 0.1) is 11.3 Å². The molecule has 0 aromatic rings. The second-order valence-electron chi connectivity index (χ2n) is 4.71. The van der Waals surface area contributed by atoms with Crippen LogP contribution >= 0.6 is 11.8 Å². The summed E-state index contributed by atoms with van der Waals surface area (Å²) >= 11 is 2.12. The van der Waals surface area contributed by atoms with Crippen LogP contribution < -0.4 is 5.32 Å². The smallest absolute Gasteiger partial charge is 0.000783 e. The predicted octanol–water partition coefficient (Wildman–Crippen LogP) is 2.52. The van der Waals surface area contributed by atoms with E-state index in [0.29, 0.717) is 0 Å². The van der Waals surface area contributed by atoms with Gasteiger partial charge in [-0.25, -0.2) is 0 Å². The quantitative estimate of drug-likeness (QED) is 0.730. The first-order valence-corrected chi connectivity index (χ1v) is 6.79. The summed E-state index contributed by atoms with van der Waals surface area (Å²) in [4.78, 5) is 0. The van der Waals surface area contributed by atoms with Gasteiger partial charge in [0, 0.05) is 6.54 Å². The maximum atomic E-state index is 3.67. The van der Waals surface area contributed by atoms with Gasteiger partial charge in [-0.15, -0.1) is 0 Å². The Morgan fingerprint density at radius 1 is 1.46 bits per heavy atom. The summed E-state index contributed by atoms with van der Waals surface area (Å²) in [7, 11) is 0. The van der Waals surface area contributed by atoms with Crippen molar-refractivity contribution in [1.82, 2.24) is 5.32 Å². The van der Waals surface area contributed by atoms with Gasteiger partial charge in [-0.2, -0.15) is 11.8 Å². The Hall–Kier alpha value is 0.310. The first-order valence-electron chi connectivity index (χ1n) is 5.63. The lowest BCUT2D eigenvalue weighted by Crippen LogP contribution is -2.28. The summed E-state index contributed by atoms with van der Waals surface area (Å²) in [5.41, 5.74) is 0.728. The van der Waals surface area contributed by atoms with E-state index < -0.39 is 0 Å². The van der Waals surface area contributed by atoms with Crippen molar-refractivity contribution in [3.63, 3.8) is 0 Å². The van der Waals surface area contributed by atoms with Crippen LogP contribution in [0.5, 0.6) is 0 Å². The van der Waals surface area contributed by atoms with Gasteiger partial charge in [-0.3, -0.25) is 0 Å². The van der Waals surface area contributed by atoms with Gasteiger partial charge in [0.2, 0.25) is 0 Å². The Kier molecular flexibility index (Phi) is 3.20. The lowest BCUT2D eigenvalue weighted by Gasteiger charge is -2.15. The molecule has 13 heavy (non-hydrogen) atoms. The third kappa shape index (κ3) is 2.63. The SMILES string of the molecule is CCC1(CNCC2CCSC2)CC1. The van der Waals surface area contributed by atoms with E-state index in [1.807, 2.05) is 0 Å². The Labute approximate surface area is 86.0 Å². The van der Waals surface area contributed by atoms with Gasteiger partial charge in [0.05, 0.1) is 0 Å². The highest BCUT2D eigenvalue weighted by molar-refractivity contribution is 7.99. The Morgan fingerprint density at radius 3 is 2.85 bits per heavy atom. The highest BCUT2D eigenvalue weighted by Gasteiger charge is 2.39. The fourth-order valence-corrected chi connectivity index (χ4v) is 3.40. The molecule has 1 aliphatic heterocycles. The lowest BCUT2D eigenvalue weighted by molar-refractivity contribution is 0.417. The second-order valence-corrected chi connectivity index (χ2v) is 5.86. The molecule has 2 fully saturated rings. The molecule has 2 rings (SSSR count). The molecule has 1 heterocycles. The van der Waals surface area contributed by atoms with E-state index in [0.717, 1.165) is 11.3 Å². The van der Waals surface area contributed by atoms with E-state index in [4.69, 9.17) is 0 Å². The van der Waals surface area contributed by atoms with E-state index in [9.17, 15) is 0 Å². The van der Waals surface area contributed by atoms with Crippen molar-refractivity contribution in [2.24, 2.45) is 11.3 Å². The molecular formula is C11H21NS. The van der Waals surface area contributed by atoms with E-state index in [2.05, 4.69) is 24.0 Å². The summed E-state index contributed by atoms with van der Waals surface area (Å²) in [6, 6.07) is 0. The standard InChI is InChI=1S/C11H21NS/c1-2-11(4-5-11)9-12-7-10-3-6-13-8-10/h10,12H,2-9H2,1H3. The molecule has 0 radical (unpaired) electrons. The normalized spacial score (nSPS) is 30.7. The van der Waals surface area contributed by atoms with Gasteiger partial charge in [-0.1, -0.05) is 6.92 Å². The fraction of sp³-hybridized carbons (Fsp3) is 1.00. The van der Waals surface area contributed by atoms with Crippen molar-refractivity contribution in [2.75, 3.05) is 24.6 Å². The van der Waals surface area contributed by atoms with E-state index in [1.54, 1.807) is 0 Å². The zero-order valence-corrected chi connectivity index (χ0v) is 9.46. The maximum Gasteiger partial charge on any atom is 0.000783 e. The molecule has 1 nitrogen and oxygen atoms in total. The van der Waals surface area contributed by atoms with Crippen molar-refractivity contribution in [3.8, 4) is 0 Å². The number of nitrogens with one attached hydrogen (secondary N) is 1. The van der Waals surface area contributed by atoms with Crippen LogP contribution in [0.25, 0.3) is 0 Å². The molecule has 0 amide bonds. The second kappa shape index (κ2) is 4.22. The minimum Gasteiger partial charge on any atom is -0.316 e. The van der Waals surface area contributed by atoms with Gasteiger partial charge in [-0.05, 0) is 55.1 Å². The van der Waals surface area contributed by atoms with Crippen LogP contribution in [0.4, 0.5) is 0 Å². The van der Waals surface area contributed by atoms with Crippen LogP contribution in [0.15, 0.2) is 0 Å². The van der Waals surface area contributed by atoms with Crippen LogP contribution in [0.2, 0.25) is 0 Å². The topological polar surface area (TPSA) is 12.0 Å². The van der Waals surface area contributed by atoms with Gasteiger partial charge in [0.15, 0.2) is 0 Å². The van der Waals surface area contributed by atoms with Crippen molar-refractivity contribution in [3.05, 3.63) is 0 Å². The van der Waals surface area contributed by atoms with Crippen LogP contribution in [-0.4, -0.2) is 24.6 Å². The van der Waals surface area contributed by atoms with Crippen molar-refractivity contribution < 1.29 is 0 Å². The number of hydrogen-bond acceptors (Lipinski definition) is 2. The Balaban J connectivity index is 1.58. The van der Waals surface area contributed by atoms with E-state index >= 15 is 0 Å². The van der Waals surface area contributed by atoms with Crippen LogP contribution in [-0.2, 0) is 0 Å². The summed E-state index contributed by atoms with van der Waals surface area (Å²) in [5, 5.41) is 3.67. The zero-order valence-electron chi connectivity index (χ0n) is 8.64. The molecule has 2 heteroatoms. The molecule has 1 aliphatic carbocycles. The first-order chi connectivity index (χ1) is 6.35. The van der Waals surface area contributed by atoms with Crippen LogP contribution in [0.1, 0.15) is 32.6 Å². The number of hydrogen-bond donors (Lipinski definition) is 1. The molecule has 2 aliphatic rings. The molecule has 1 saturated heterocycles. The molecule has 1 N–H and O–H groups in total. The van der Waals surface area contributed by atoms with E-state index in [-0.39, 0.29) is 0 Å². The summed E-state index contributed by atoms with van der Waals surface area (Å²) in [5.74, 6) is 3.76. The third-order valence-corrected chi connectivity index (χ3v) is 4.90. The average molecular weight is 199 g/mol. The molecule has 1 atom stereocenters. The summed E-state index contributed by atoms with van der Waals surface area (Å²) < 4.78 is 0. The minimum atomic E-state index is 0.728. The number of rotatable bonds is 5. The van der Waals surface area contributed by atoms with Gasteiger partial charge < -0.3 is 5.32 Å². The van der Waals surface area contributed by atoms with Crippen molar-refractivity contribution in [2.45, 2.75) is 32.6 Å². The molecule has 0 bridgehead atoms. The van der Waals surface area contributed by atoms with Gasteiger partial charge in [0.1, 0.15) is 0 Å². The number of thioether (sulfide) groups is 1. The molecule has 0 spiro atoms. The van der Waals surface area contributed by atoms with Gasteiger partial charge >= 0.3 is 0 Å².